The minimum absolute atomic E-state index is 0.154. The number of benzene rings is 1. The maximum Gasteiger partial charge on any atom is 0.340 e. The molecule has 0 aliphatic carbocycles. The highest BCUT2D eigenvalue weighted by molar-refractivity contribution is 5.92. The molecule has 0 aliphatic heterocycles. The first kappa shape index (κ1) is 16.8. The summed E-state index contributed by atoms with van der Waals surface area (Å²) in [4.78, 5) is 23.5. The van der Waals surface area contributed by atoms with E-state index in [1.54, 1.807) is 11.8 Å². The molecule has 0 N–H and O–H groups in total. The minimum Gasteiger partial charge on any atom is -0.465 e. The lowest BCUT2D eigenvalue weighted by molar-refractivity contribution is -0.384. The van der Waals surface area contributed by atoms with Crippen molar-refractivity contribution in [1.29, 1.82) is 0 Å². The Kier molecular flexibility index (Phi) is 6.04. The fourth-order valence-electron chi connectivity index (χ4n) is 1.87. The van der Waals surface area contributed by atoms with Gasteiger partial charge < -0.3 is 14.4 Å². The molecule has 0 atom stereocenters. The third-order valence-corrected chi connectivity index (χ3v) is 2.95. The van der Waals surface area contributed by atoms with Crippen LogP contribution in [0.2, 0.25) is 0 Å². The van der Waals surface area contributed by atoms with Crippen molar-refractivity contribution in [2.45, 2.75) is 6.92 Å². The zero-order valence-electron chi connectivity index (χ0n) is 12.1. The standard InChI is InChI=1S/C13H17FN2O5/c1-4-15(5-6-20-2)11-7-9(13(17)21-3)10(14)8-12(11)16(18)19/h7-8H,4-6H2,1-3H3. The highest BCUT2D eigenvalue weighted by Gasteiger charge is 2.25. The number of carbonyl (C=O) groups excluding carboxylic acids is 1. The van der Waals surface area contributed by atoms with Crippen LogP contribution in [0.25, 0.3) is 0 Å². The Morgan fingerprint density at radius 2 is 2.10 bits per heavy atom. The van der Waals surface area contributed by atoms with Gasteiger partial charge in [0.25, 0.3) is 5.69 Å². The van der Waals surface area contributed by atoms with Crippen molar-refractivity contribution < 1.29 is 23.6 Å². The van der Waals surface area contributed by atoms with Crippen molar-refractivity contribution in [2.75, 3.05) is 38.8 Å². The predicted molar refractivity (Wildman–Crippen MR) is 74.2 cm³/mol. The first-order valence-corrected chi connectivity index (χ1v) is 6.26. The smallest absolute Gasteiger partial charge is 0.340 e. The average Bonchev–Trinajstić information content (AvgIpc) is 2.47. The van der Waals surface area contributed by atoms with Gasteiger partial charge in [-0.3, -0.25) is 10.1 Å². The van der Waals surface area contributed by atoms with Crippen LogP contribution in [-0.2, 0) is 9.47 Å². The van der Waals surface area contributed by atoms with Gasteiger partial charge in [-0.05, 0) is 13.0 Å². The molecule has 1 rings (SSSR count). The minimum atomic E-state index is -0.986. The van der Waals surface area contributed by atoms with Crippen LogP contribution in [0.4, 0.5) is 15.8 Å². The molecule has 8 heteroatoms. The van der Waals surface area contributed by atoms with Gasteiger partial charge in [-0.15, -0.1) is 0 Å². The van der Waals surface area contributed by atoms with Gasteiger partial charge in [-0.1, -0.05) is 0 Å². The molecule has 0 amide bonds. The second-order valence-electron chi connectivity index (χ2n) is 4.14. The number of hydrogen-bond donors (Lipinski definition) is 0. The lowest BCUT2D eigenvalue weighted by atomic mass is 10.1. The first-order valence-electron chi connectivity index (χ1n) is 6.26. The van der Waals surface area contributed by atoms with Gasteiger partial charge in [0, 0.05) is 20.2 Å². The van der Waals surface area contributed by atoms with Gasteiger partial charge in [-0.2, -0.15) is 0 Å². The highest BCUT2D eigenvalue weighted by Crippen LogP contribution is 2.31. The SMILES string of the molecule is CCN(CCOC)c1cc(C(=O)OC)c(F)cc1[N+](=O)[O-]. The van der Waals surface area contributed by atoms with E-state index in [0.29, 0.717) is 19.7 Å². The Morgan fingerprint density at radius 1 is 1.43 bits per heavy atom. The third-order valence-electron chi connectivity index (χ3n) is 2.95. The third kappa shape index (κ3) is 3.88. The molecule has 116 valence electrons. The molecular weight excluding hydrogens is 283 g/mol. The Hall–Kier alpha value is -2.22. The van der Waals surface area contributed by atoms with Crippen molar-refractivity contribution in [2.24, 2.45) is 0 Å². The largest absolute Gasteiger partial charge is 0.465 e. The van der Waals surface area contributed by atoms with Gasteiger partial charge in [0.1, 0.15) is 11.5 Å². The van der Waals surface area contributed by atoms with E-state index in [2.05, 4.69) is 4.74 Å². The molecule has 0 saturated carbocycles. The molecule has 0 spiro atoms. The monoisotopic (exact) mass is 300 g/mol. The molecule has 0 radical (unpaired) electrons. The van der Waals surface area contributed by atoms with Crippen LogP contribution in [0.5, 0.6) is 0 Å². The number of rotatable bonds is 7. The number of esters is 1. The Bertz CT molecular complexity index is 536. The zero-order valence-corrected chi connectivity index (χ0v) is 12.1. The molecule has 21 heavy (non-hydrogen) atoms. The van der Waals surface area contributed by atoms with E-state index < -0.39 is 22.4 Å². The van der Waals surface area contributed by atoms with E-state index >= 15 is 0 Å². The molecule has 0 aliphatic rings. The van der Waals surface area contributed by atoms with Crippen molar-refractivity contribution >= 4 is 17.3 Å². The molecule has 7 nitrogen and oxygen atoms in total. The van der Waals surface area contributed by atoms with E-state index in [1.807, 2.05) is 0 Å². The predicted octanol–water partition coefficient (Wildman–Crippen LogP) is 1.99. The van der Waals surface area contributed by atoms with Crippen molar-refractivity contribution in [3.63, 3.8) is 0 Å². The fourth-order valence-corrected chi connectivity index (χ4v) is 1.87. The quantitative estimate of drug-likeness (QED) is 0.435. The van der Waals surface area contributed by atoms with Crippen LogP contribution in [0.15, 0.2) is 12.1 Å². The highest BCUT2D eigenvalue weighted by atomic mass is 19.1. The Labute approximate surface area is 121 Å². The molecule has 0 fully saturated rings. The van der Waals surface area contributed by atoms with Crippen LogP contribution in [0.3, 0.4) is 0 Å². The van der Waals surface area contributed by atoms with E-state index in [4.69, 9.17) is 4.74 Å². The molecule has 0 saturated heterocycles. The second kappa shape index (κ2) is 7.53. The summed E-state index contributed by atoms with van der Waals surface area (Å²) >= 11 is 0. The summed E-state index contributed by atoms with van der Waals surface area (Å²) in [6.07, 6.45) is 0. The van der Waals surface area contributed by atoms with Crippen LogP contribution in [0, 0.1) is 15.9 Å². The lowest BCUT2D eigenvalue weighted by Crippen LogP contribution is -2.28. The second-order valence-corrected chi connectivity index (χ2v) is 4.14. The average molecular weight is 300 g/mol. The summed E-state index contributed by atoms with van der Waals surface area (Å²) in [6.45, 7) is 2.95. The van der Waals surface area contributed by atoms with Crippen molar-refractivity contribution in [1.82, 2.24) is 0 Å². The van der Waals surface area contributed by atoms with Gasteiger partial charge in [0.2, 0.25) is 0 Å². The normalized spacial score (nSPS) is 10.3. The van der Waals surface area contributed by atoms with Crippen LogP contribution in [0.1, 0.15) is 17.3 Å². The van der Waals surface area contributed by atoms with E-state index in [0.717, 1.165) is 19.2 Å². The summed E-state index contributed by atoms with van der Waals surface area (Å²) in [5, 5.41) is 11.1. The molecule has 1 aromatic carbocycles. The van der Waals surface area contributed by atoms with Gasteiger partial charge in [-0.25, -0.2) is 9.18 Å². The summed E-state index contributed by atoms with van der Waals surface area (Å²) in [5.74, 6) is -1.87. The summed E-state index contributed by atoms with van der Waals surface area (Å²) in [6, 6.07) is 1.87. The number of anilines is 1. The molecule has 1 aromatic rings. The van der Waals surface area contributed by atoms with Gasteiger partial charge in [0.05, 0.1) is 30.3 Å². The summed E-state index contributed by atoms with van der Waals surface area (Å²) in [7, 11) is 2.62. The van der Waals surface area contributed by atoms with E-state index in [1.165, 1.54) is 7.11 Å². The van der Waals surface area contributed by atoms with Gasteiger partial charge >= 0.3 is 5.97 Å². The number of halogens is 1. The number of nitro groups is 1. The van der Waals surface area contributed by atoms with Crippen LogP contribution < -0.4 is 4.90 Å². The van der Waals surface area contributed by atoms with Crippen LogP contribution in [-0.4, -0.2) is 44.8 Å². The maximum absolute atomic E-state index is 13.8. The number of hydrogen-bond acceptors (Lipinski definition) is 6. The molecule has 0 bridgehead atoms. The zero-order chi connectivity index (χ0) is 16.0. The molecular formula is C13H17FN2O5. The van der Waals surface area contributed by atoms with Crippen molar-refractivity contribution in [3.05, 3.63) is 33.6 Å². The maximum atomic E-state index is 13.8. The Morgan fingerprint density at radius 3 is 2.57 bits per heavy atom. The first-order chi connectivity index (χ1) is 9.96. The number of nitrogens with zero attached hydrogens (tertiary/aromatic N) is 2. The fraction of sp³-hybridized carbons (Fsp3) is 0.462. The number of ether oxygens (including phenoxy) is 2. The summed E-state index contributed by atoms with van der Waals surface area (Å²) < 4.78 is 23.2. The molecule has 0 aromatic heterocycles. The van der Waals surface area contributed by atoms with E-state index in [9.17, 15) is 19.3 Å². The number of nitro benzene ring substituents is 1. The summed E-state index contributed by atoms with van der Waals surface area (Å²) in [5.41, 5.74) is -0.589. The topological polar surface area (TPSA) is 81.9 Å². The lowest BCUT2D eigenvalue weighted by Gasteiger charge is -2.23. The van der Waals surface area contributed by atoms with Gasteiger partial charge in [0.15, 0.2) is 0 Å². The van der Waals surface area contributed by atoms with Crippen molar-refractivity contribution in [3.8, 4) is 0 Å². The molecule has 0 unspecified atom stereocenters. The number of carbonyl (C=O) groups is 1. The number of likely N-dealkylation sites (N-methyl/N-ethyl adjacent to an activating group) is 1. The molecule has 0 heterocycles. The Balaban J connectivity index is 3.37. The van der Waals surface area contributed by atoms with Crippen LogP contribution >= 0.6 is 0 Å². The number of methoxy groups -OCH3 is 2. The van der Waals surface area contributed by atoms with E-state index in [-0.39, 0.29) is 11.3 Å².